The molecule has 0 saturated carbocycles. The summed E-state index contributed by atoms with van der Waals surface area (Å²) in [5, 5.41) is 8.19. The summed E-state index contributed by atoms with van der Waals surface area (Å²) in [5.74, 6) is 0.471. The molecule has 62 valence electrons. The first-order chi connectivity index (χ1) is 5.07. The number of hydrogen-bond donors (Lipinski definition) is 0. The van der Waals surface area contributed by atoms with E-state index in [1.54, 1.807) is 0 Å². The molecule has 1 atom stereocenters. The second-order valence-corrected chi connectivity index (χ2v) is 3.25. The van der Waals surface area contributed by atoms with E-state index >= 15 is 0 Å². The molecule has 3 nitrogen and oxygen atoms in total. The maximum atomic E-state index is 4.10. The van der Waals surface area contributed by atoms with E-state index in [9.17, 15) is 0 Å². The smallest absolute Gasteiger partial charge is 0.124 e. The van der Waals surface area contributed by atoms with Crippen molar-refractivity contribution in [3.05, 3.63) is 18.4 Å². The zero-order chi connectivity index (χ0) is 8.48. The number of rotatable bonds is 2. The van der Waals surface area contributed by atoms with Gasteiger partial charge in [0, 0.05) is 11.1 Å². The number of allylic oxidation sites excluding steroid dienone is 1. The molecular formula is C8H15N3. The van der Waals surface area contributed by atoms with Crippen LogP contribution in [0.5, 0.6) is 0 Å². The first kappa shape index (κ1) is 8.40. The standard InChI is InChI=1S/C8H15N3/c1-5-11(4)6-8(7(2)3)9-10-11/h5-7H,1-4H3. The molecule has 0 spiro atoms. The van der Waals surface area contributed by atoms with Gasteiger partial charge in [-0.3, -0.25) is 4.59 Å². The fourth-order valence-corrected chi connectivity index (χ4v) is 0.858. The van der Waals surface area contributed by atoms with E-state index in [0.29, 0.717) is 10.5 Å². The van der Waals surface area contributed by atoms with Crippen LogP contribution < -0.4 is 0 Å². The summed E-state index contributed by atoms with van der Waals surface area (Å²) < 4.78 is 0.480. The normalized spacial score (nSPS) is 29.7. The van der Waals surface area contributed by atoms with Crippen molar-refractivity contribution in [2.45, 2.75) is 20.8 Å². The summed E-state index contributed by atoms with van der Waals surface area (Å²) in [7, 11) is 2.00. The van der Waals surface area contributed by atoms with Gasteiger partial charge in [0.1, 0.15) is 11.9 Å². The average molecular weight is 153 g/mol. The lowest BCUT2D eigenvalue weighted by molar-refractivity contribution is -0.836. The van der Waals surface area contributed by atoms with Crippen molar-refractivity contribution in [3.8, 4) is 0 Å². The summed E-state index contributed by atoms with van der Waals surface area (Å²) in [6.07, 6.45) is 2.06. The molecule has 0 bridgehead atoms. The maximum absolute atomic E-state index is 4.10. The van der Waals surface area contributed by atoms with Crippen LogP contribution in [-0.4, -0.2) is 11.6 Å². The van der Waals surface area contributed by atoms with Gasteiger partial charge in [0.05, 0.1) is 7.05 Å². The minimum absolute atomic E-state index is 0.471. The van der Waals surface area contributed by atoms with E-state index in [1.165, 1.54) is 0 Å². The number of hydrogen-bond acceptors (Lipinski definition) is 2. The SMILES string of the molecule is C[CH-][N+]1(C)C=C(C(C)C)N=N1. The fraction of sp³-hybridized carbons (Fsp3) is 0.625. The zero-order valence-corrected chi connectivity index (χ0v) is 7.57. The summed E-state index contributed by atoms with van der Waals surface area (Å²) in [4.78, 5) is 0. The van der Waals surface area contributed by atoms with Gasteiger partial charge < -0.3 is 0 Å². The van der Waals surface area contributed by atoms with Crippen LogP contribution in [0.4, 0.5) is 0 Å². The lowest BCUT2D eigenvalue weighted by Gasteiger charge is -2.25. The lowest BCUT2D eigenvalue weighted by atomic mass is 10.1. The van der Waals surface area contributed by atoms with Crippen molar-refractivity contribution in [3.63, 3.8) is 0 Å². The highest BCUT2D eigenvalue weighted by Gasteiger charge is 2.19. The van der Waals surface area contributed by atoms with Crippen molar-refractivity contribution in [1.82, 2.24) is 0 Å². The highest BCUT2D eigenvalue weighted by Crippen LogP contribution is 2.25. The van der Waals surface area contributed by atoms with Crippen LogP contribution in [0.1, 0.15) is 20.8 Å². The number of quaternary nitrogens is 1. The van der Waals surface area contributed by atoms with Crippen LogP contribution in [0.2, 0.25) is 0 Å². The van der Waals surface area contributed by atoms with Gasteiger partial charge in [-0.15, -0.1) is 18.6 Å². The van der Waals surface area contributed by atoms with Gasteiger partial charge >= 0.3 is 0 Å². The van der Waals surface area contributed by atoms with Crippen molar-refractivity contribution in [2.75, 3.05) is 7.05 Å². The highest BCUT2D eigenvalue weighted by atomic mass is 15.7. The van der Waals surface area contributed by atoms with Crippen LogP contribution in [0, 0.1) is 12.5 Å². The summed E-state index contributed by atoms with van der Waals surface area (Å²) >= 11 is 0. The zero-order valence-electron chi connectivity index (χ0n) is 7.57. The first-order valence-corrected chi connectivity index (χ1v) is 3.90. The van der Waals surface area contributed by atoms with Crippen molar-refractivity contribution in [2.24, 2.45) is 16.3 Å². The summed E-state index contributed by atoms with van der Waals surface area (Å²) in [5.41, 5.74) is 1.07. The summed E-state index contributed by atoms with van der Waals surface area (Å²) in [6, 6.07) is 0. The third-order valence-corrected chi connectivity index (χ3v) is 1.86. The monoisotopic (exact) mass is 153 g/mol. The molecule has 0 aromatic carbocycles. The van der Waals surface area contributed by atoms with E-state index in [-0.39, 0.29) is 0 Å². The van der Waals surface area contributed by atoms with Crippen LogP contribution in [-0.2, 0) is 0 Å². The topological polar surface area (TPSA) is 24.7 Å². The van der Waals surface area contributed by atoms with Gasteiger partial charge in [-0.25, -0.2) is 0 Å². The predicted octanol–water partition coefficient (Wildman–Crippen LogP) is 2.49. The molecule has 1 aliphatic rings. The molecule has 1 rings (SSSR count). The first-order valence-electron chi connectivity index (χ1n) is 3.90. The Labute approximate surface area is 68.0 Å². The largest absolute Gasteiger partial charge is 0.281 e. The second-order valence-electron chi connectivity index (χ2n) is 3.25. The predicted molar refractivity (Wildman–Crippen MR) is 43.9 cm³/mol. The van der Waals surface area contributed by atoms with Crippen LogP contribution >= 0.6 is 0 Å². The van der Waals surface area contributed by atoms with Gasteiger partial charge in [-0.1, -0.05) is 13.8 Å². The van der Waals surface area contributed by atoms with Crippen LogP contribution in [0.15, 0.2) is 22.2 Å². The Balaban J connectivity index is 2.77. The van der Waals surface area contributed by atoms with Crippen molar-refractivity contribution < 1.29 is 4.59 Å². The molecule has 0 aromatic heterocycles. The minimum Gasteiger partial charge on any atom is -0.281 e. The Hall–Kier alpha value is -0.700. The molecular weight excluding hydrogens is 138 g/mol. The van der Waals surface area contributed by atoms with Gasteiger partial charge in [0.15, 0.2) is 0 Å². The Morgan fingerprint density at radius 2 is 2.18 bits per heavy atom. The number of nitrogens with zero attached hydrogens (tertiary/aromatic N) is 3. The van der Waals surface area contributed by atoms with Crippen LogP contribution in [0.25, 0.3) is 0 Å². The molecule has 1 unspecified atom stereocenters. The molecule has 0 saturated heterocycles. The molecule has 0 aliphatic carbocycles. The van der Waals surface area contributed by atoms with E-state index in [0.717, 1.165) is 5.70 Å². The van der Waals surface area contributed by atoms with Crippen molar-refractivity contribution in [1.29, 1.82) is 0 Å². The van der Waals surface area contributed by atoms with Gasteiger partial charge in [0.25, 0.3) is 0 Å². The Morgan fingerprint density at radius 3 is 2.45 bits per heavy atom. The Morgan fingerprint density at radius 1 is 1.55 bits per heavy atom. The van der Waals surface area contributed by atoms with Gasteiger partial charge in [-0.2, -0.15) is 0 Å². The minimum atomic E-state index is 0.471. The second kappa shape index (κ2) is 2.74. The molecule has 11 heavy (non-hydrogen) atoms. The molecule has 0 N–H and O–H groups in total. The molecule has 1 aliphatic heterocycles. The molecule has 3 heteroatoms. The summed E-state index contributed by atoms with van der Waals surface area (Å²) in [6.45, 7) is 8.23. The van der Waals surface area contributed by atoms with E-state index in [1.807, 2.05) is 20.5 Å². The third kappa shape index (κ3) is 1.66. The maximum Gasteiger partial charge on any atom is 0.124 e. The molecule has 0 amide bonds. The molecule has 0 aromatic rings. The lowest BCUT2D eigenvalue weighted by Crippen LogP contribution is -2.24. The Bertz CT molecular complexity index is 205. The van der Waals surface area contributed by atoms with Crippen molar-refractivity contribution >= 4 is 0 Å². The van der Waals surface area contributed by atoms with E-state index in [4.69, 9.17) is 0 Å². The Kier molecular flexibility index (Phi) is 2.09. The average Bonchev–Trinajstić information content (AvgIpc) is 2.33. The molecule has 1 heterocycles. The highest BCUT2D eigenvalue weighted by molar-refractivity contribution is 4.99. The van der Waals surface area contributed by atoms with E-state index < -0.39 is 0 Å². The van der Waals surface area contributed by atoms with Crippen LogP contribution in [0.3, 0.4) is 0 Å². The molecule has 0 fully saturated rings. The molecule has 0 radical (unpaired) electrons. The fourth-order valence-electron chi connectivity index (χ4n) is 0.858. The van der Waals surface area contributed by atoms with Gasteiger partial charge in [0.2, 0.25) is 0 Å². The third-order valence-electron chi connectivity index (χ3n) is 1.86. The quantitative estimate of drug-likeness (QED) is 0.430. The van der Waals surface area contributed by atoms with Gasteiger partial charge in [-0.05, 0) is 0 Å². The van der Waals surface area contributed by atoms with E-state index in [2.05, 4.69) is 30.4 Å².